The van der Waals surface area contributed by atoms with Gasteiger partial charge in [0.15, 0.2) is 0 Å². The first-order valence-corrected chi connectivity index (χ1v) is 10.5. The SMILES string of the molecule is CN(CCCCCCNC1=NN=C(c2ccccc2)CC1)Cc1ccccc1. The predicted molar refractivity (Wildman–Crippen MR) is 119 cm³/mol. The highest BCUT2D eigenvalue weighted by Gasteiger charge is 2.10. The van der Waals surface area contributed by atoms with Crippen molar-refractivity contribution in [2.45, 2.75) is 45.1 Å². The van der Waals surface area contributed by atoms with Crippen LogP contribution in [0.2, 0.25) is 0 Å². The highest BCUT2D eigenvalue weighted by atomic mass is 15.3. The van der Waals surface area contributed by atoms with Gasteiger partial charge in [0.05, 0.1) is 5.71 Å². The van der Waals surface area contributed by atoms with E-state index >= 15 is 0 Å². The van der Waals surface area contributed by atoms with Gasteiger partial charge in [-0.25, -0.2) is 0 Å². The van der Waals surface area contributed by atoms with Crippen LogP contribution in [0.1, 0.15) is 49.7 Å². The van der Waals surface area contributed by atoms with Gasteiger partial charge in [-0.2, -0.15) is 5.10 Å². The zero-order chi connectivity index (χ0) is 19.4. The molecule has 148 valence electrons. The van der Waals surface area contributed by atoms with Gasteiger partial charge >= 0.3 is 0 Å². The van der Waals surface area contributed by atoms with Gasteiger partial charge in [-0.05, 0) is 44.0 Å². The molecule has 0 saturated carbocycles. The Morgan fingerprint density at radius 2 is 1.54 bits per heavy atom. The summed E-state index contributed by atoms with van der Waals surface area (Å²) in [6.07, 6.45) is 6.91. The third kappa shape index (κ3) is 6.93. The third-order valence-corrected chi connectivity index (χ3v) is 5.09. The summed E-state index contributed by atoms with van der Waals surface area (Å²) in [6, 6.07) is 21.0. The maximum atomic E-state index is 4.40. The first-order chi connectivity index (χ1) is 13.8. The molecular weight excluding hydrogens is 344 g/mol. The van der Waals surface area contributed by atoms with Crippen LogP contribution >= 0.6 is 0 Å². The summed E-state index contributed by atoms with van der Waals surface area (Å²) in [4.78, 5) is 2.41. The predicted octanol–water partition coefficient (Wildman–Crippen LogP) is 4.87. The van der Waals surface area contributed by atoms with Crippen LogP contribution in [-0.2, 0) is 6.54 Å². The summed E-state index contributed by atoms with van der Waals surface area (Å²) in [7, 11) is 2.21. The van der Waals surface area contributed by atoms with Crippen LogP contribution in [0.4, 0.5) is 0 Å². The molecule has 0 saturated heterocycles. The molecule has 0 amide bonds. The molecule has 0 spiro atoms. The molecule has 0 atom stereocenters. The molecule has 0 aliphatic carbocycles. The molecule has 0 radical (unpaired) electrons. The summed E-state index contributed by atoms with van der Waals surface area (Å²) in [5.74, 6) is 1.03. The van der Waals surface area contributed by atoms with Crippen LogP contribution in [-0.4, -0.2) is 36.6 Å². The Morgan fingerprint density at radius 3 is 2.25 bits per heavy atom. The molecule has 0 bridgehead atoms. The van der Waals surface area contributed by atoms with Gasteiger partial charge in [0.1, 0.15) is 5.84 Å². The molecule has 0 unspecified atom stereocenters. The van der Waals surface area contributed by atoms with Gasteiger partial charge in [0.25, 0.3) is 0 Å². The molecular formula is C24H32N4. The number of amidine groups is 1. The van der Waals surface area contributed by atoms with E-state index in [0.717, 1.165) is 44.0 Å². The average Bonchev–Trinajstić information content (AvgIpc) is 2.75. The monoisotopic (exact) mass is 376 g/mol. The first-order valence-electron chi connectivity index (χ1n) is 10.5. The summed E-state index contributed by atoms with van der Waals surface area (Å²) >= 11 is 0. The van der Waals surface area contributed by atoms with Crippen LogP contribution in [0.5, 0.6) is 0 Å². The Kier molecular flexibility index (Phi) is 8.26. The summed E-state index contributed by atoms with van der Waals surface area (Å²) < 4.78 is 0. The summed E-state index contributed by atoms with van der Waals surface area (Å²) in [5.41, 5.74) is 3.66. The molecule has 4 heteroatoms. The fourth-order valence-electron chi connectivity index (χ4n) is 3.48. The molecule has 1 N–H and O–H groups in total. The molecule has 0 aromatic heterocycles. The number of benzene rings is 2. The molecule has 1 heterocycles. The second-order valence-corrected chi connectivity index (χ2v) is 7.52. The lowest BCUT2D eigenvalue weighted by molar-refractivity contribution is 0.317. The lowest BCUT2D eigenvalue weighted by Gasteiger charge is -2.16. The minimum atomic E-state index is 0.956. The molecule has 1 aliphatic heterocycles. The highest BCUT2D eigenvalue weighted by molar-refractivity contribution is 6.04. The van der Waals surface area contributed by atoms with E-state index in [9.17, 15) is 0 Å². The smallest absolute Gasteiger partial charge is 0.125 e. The van der Waals surface area contributed by atoms with Gasteiger partial charge in [-0.1, -0.05) is 73.5 Å². The van der Waals surface area contributed by atoms with Crippen molar-refractivity contribution in [1.29, 1.82) is 0 Å². The molecule has 2 aromatic carbocycles. The van der Waals surface area contributed by atoms with Crippen molar-refractivity contribution in [3.8, 4) is 0 Å². The van der Waals surface area contributed by atoms with E-state index in [0.29, 0.717) is 0 Å². The van der Waals surface area contributed by atoms with E-state index in [1.54, 1.807) is 0 Å². The molecule has 0 fully saturated rings. The van der Waals surface area contributed by atoms with Gasteiger partial charge < -0.3 is 10.2 Å². The second-order valence-electron chi connectivity index (χ2n) is 7.52. The van der Waals surface area contributed by atoms with E-state index in [4.69, 9.17) is 0 Å². The van der Waals surface area contributed by atoms with Crippen molar-refractivity contribution in [3.63, 3.8) is 0 Å². The first kappa shape index (κ1) is 20.3. The molecule has 3 rings (SSSR count). The van der Waals surface area contributed by atoms with Crippen molar-refractivity contribution in [1.82, 2.24) is 10.2 Å². The zero-order valence-electron chi connectivity index (χ0n) is 17.0. The van der Waals surface area contributed by atoms with Crippen LogP contribution in [0.15, 0.2) is 70.9 Å². The number of rotatable bonds is 10. The minimum Gasteiger partial charge on any atom is -0.372 e. The van der Waals surface area contributed by atoms with Crippen molar-refractivity contribution in [2.24, 2.45) is 10.2 Å². The number of nitrogens with zero attached hydrogens (tertiary/aromatic N) is 3. The maximum absolute atomic E-state index is 4.40. The number of unbranched alkanes of at least 4 members (excludes halogenated alkanes) is 3. The maximum Gasteiger partial charge on any atom is 0.125 e. The lowest BCUT2D eigenvalue weighted by Crippen LogP contribution is -2.27. The number of nitrogens with one attached hydrogen (secondary N) is 1. The van der Waals surface area contributed by atoms with E-state index in [1.165, 1.54) is 36.8 Å². The van der Waals surface area contributed by atoms with Crippen LogP contribution in [0, 0.1) is 0 Å². The Morgan fingerprint density at radius 1 is 0.821 bits per heavy atom. The van der Waals surface area contributed by atoms with Gasteiger partial charge in [-0.15, -0.1) is 5.10 Å². The van der Waals surface area contributed by atoms with E-state index in [1.807, 2.05) is 6.07 Å². The Hall–Kier alpha value is -2.46. The van der Waals surface area contributed by atoms with Crippen molar-refractivity contribution >= 4 is 11.5 Å². The normalized spacial score (nSPS) is 13.9. The standard InChI is InChI=1S/C24H32N4/c1-28(20-21-12-6-4-7-13-21)19-11-3-2-10-18-25-24-17-16-23(26-27-24)22-14-8-5-9-15-22/h4-9,12-15H,2-3,10-11,16-20H2,1H3,(H,25,27). The number of hydrogen-bond acceptors (Lipinski definition) is 4. The van der Waals surface area contributed by atoms with E-state index in [2.05, 4.69) is 82.1 Å². The quantitative estimate of drug-likeness (QED) is 0.601. The van der Waals surface area contributed by atoms with Crippen molar-refractivity contribution < 1.29 is 0 Å². The molecule has 28 heavy (non-hydrogen) atoms. The summed E-state index contributed by atoms with van der Waals surface area (Å²) in [5, 5.41) is 12.2. The van der Waals surface area contributed by atoms with E-state index < -0.39 is 0 Å². The zero-order valence-corrected chi connectivity index (χ0v) is 17.0. The second kappa shape index (κ2) is 11.4. The fraction of sp³-hybridized carbons (Fsp3) is 0.417. The Bertz CT molecular complexity index is 753. The molecule has 1 aliphatic rings. The van der Waals surface area contributed by atoms with Gasteiger partial charge in [0, 0.05) is 19.5 Å². The third-order valence-electron chi connectivity index (χ3n) is 5.09. The van der Waals surface area contributed by atoms with Crippen LogP contribution < -0.4 is 5.32 Å². The molecule has 4 nitrogen and oxygen atoms in total. The fourth-order valence-corrected chi connectivity index (χ4v) is 3.48. The highest BCUT2D eigenvalue weighted by Crippen LogP contribution is 2.11. The number of hydrogen-bond donors (Lipinski definition) is 1. The molecule has 2 aromatic rings. The average molecular weight is 377 g/mol. The topological polar surface area (TPSA) is 40.0 Å². The minimum absolute atomic E-state index is 0.956. The Balaban J connectivity index is 1.24. The van der Waals surface area contributed by atoms with Crippen molar-refractivity contribution in [3.05, 3.63) is 71.8 Å². The van der Waals surface area contributed by atoms with Crippen LogP contribution in [0.3, 0.4) is 0 Å². The van der Waals surface area contributed by atoms with E-state index in [-0.39, 0.29) is 0 Å². The van der Waals surface area contributed by atoms with Crippen LogP contribution in [0.25, 0.3) is 0 Å². The lowest BCUT2D eigenvalue weighted by atomic mass is 10.0. The summed E-state index contributed by atoms with van der Waals surface area (Å²) in [6.45, 7) is 3.19. The van der Waals surface area contributed by atoms with Gasteiger partial charge in [-0.3, -0.25) is 0 Å². The Labute approximate surface area is 169 Å². The van der Waals surface area contributed by atoms with Gasteiger partial charge in [0.2, 0.25) is 0 Å². The largest absolute Gasteiger partial charge is 0.372 e. The van der Waals surface area contributed by atoms with Crippen molar-refractivity contribution in [2.75, 3.05) is 20.1 Å².